The number of amidine groups is 1. The lowest BCUT2D eigenvalue weighted by Crippen LogP contribution is -2.67. The number of benzene rings is 2. The first-order valence-corrected chi connectivity index (χ1v) is 12.1. The van der Waals surface area contributed by atoms with Crippen LogP contribution in [-0.4, -0.2) is 39.8 Å². The molecule has 3 aliphatic rings. The van der Waals surface area contributed by atoms with Gasteiger partial charge < -0.3 is 10.2 Å². The molecule has 2 aromatic carbocycles. The number of carbonyl (C=O) groups is 2. The molecule has 0 spiro atoms. The second kappa shape index (κ2) is 9.83. The van der Waals surface area contributed by atoms with E-state index in [0.29, 0.717) is 25.9 Å². The minimum atomic E-state index is -0.376. The minimum Gasteiger partial charge on any atom is -0.352 e. The van der Waals surface area contributed by atoms with Crippen molar-refractivity contribution in [1.82, 2.24) is 20.5 Å². The number of rotatable bonds is 7. The third-order valence-corrected chi connectivity index (χ3v) is 7.03. The summed E-state index contributed by atoms with van der Waals surface area (Å²) in [6, 6.07) is 16.2. The van der Waals surface area contributed by atoms with E-state index in [1.807, 2.05) is 35.2 Å². The summed E-state index contributed by atoms with van der Waals surface area (Å²) < 4.78 is 13.4. The lowest BCUT2D eigenvalue weighted by molar-refractivity contribution is -0.156. The molecule has 34 heavy (non-hydrogen) atoms. The van der Waals surface area contributed by atoms with Crippen LogP contribution in [0.3, 0.4) is 0 Å². The van der Waals surface area contributed by atoms with Gasteiger partial charge in [0.2, 0.25) is 11.8 Å². The first-order chi connectivity index (χ1) is 16.6. The summed E-state index contributed by atoms with van der Waals surface area (Å²) in [4.78, 5) is 30.0. The fourth-order valence-electron chi connectivity index (χ4n) is 5.30. The molecule has 2 N–H and O–H groups in total. The molecule has 1 saturated heterocycles. The number of hydrogen-bond donors (Lipinski definition) is 2. The number of fused-ring (bicyclic) bond motifs is 3. The maximum Gasteiger partial charge on any atom is 0.231 e. The first-order valence-electron chi connectivity index (χ1n) is 12.1. The molecule has 0 aromatic heterocycles. The summed E-state index contributed by atoms with van der Waals surface area (Å²) in [6.07, 6.45) is 4.39. The van der Waals surface area contributed by atoms with Gasteiger partial charge in [0.05, 0.1) is 5.92 Å². The predicted molar refractivity (Wildman–Crippen MR) is 126 cm³/mol. The molecular weight excluding hydrogens is 433 g/mol. The monoisotopic (exact) mass is 463 g/mol. The lowest BCUT2D eigenvalue weighted by Gasteiger charge is -2.50. The van der Waals surface area contributed by atoms with Crippen molar-refractivity contribution in [3.8, 4) is 0 Å². The maximum atomic E-state index is 13.4. The van der Waals surface area contributed by atoms with E-state index in [2.05, 4.69) is 20.7 Å². The van der Waals surface area contributed by atoms with Crippen LogP contribution in [0, 0.1) is 11.7 Å². The number of halogens is 1. The fourth-order valence-corrected chi connectivity index (χ4v) is 5.30. The molecule has 2 amide bonds. The van der Waals surface area contributed by atoms with Crippen molar-refractivity contribution in [1.29, 1.82) is 0 Å². The molecule has 8 heteroatoms. The van der Waals surface area contributed by atoms with Gasteiger partial charge in [0, 0.05) is 32.0 Å². The van der Waals surface area contributed by atoms with Crippen LogP contribution in [0.5, 0.6) is 0 Å². The van der Waals surface area contributed by atoms with E-state index in [9.17, 15) is 14.0 Å². The lowest BCUT2D eigenvalue weighted by atomic mass is 9.80. The molecule has 2 aromatic rings. The maximum absolute atomic E-state index is 13.4. The zero-order valence-electron chi connectivity index (χ0n) is 19.1. The third-order valence-electron chi connectivity index (χ3n) is 7.03. The van der Waals surface area contributed by atoms with Gasteiger partial charge in [0.1, 0.15) is 11.7 Å². The number of nitrogens with zero attached hydrogens (tertiary/aromatic N) is 3. The van der Waals surface area contributed by atoms with Gasteiger partial charge in [0.15, 0.2) is 6.29 Å². The summed E-state index contributed by atoms with van der Waals surface area (Å²) in [6.45, 7) is 0.887. The van der Waals surface area contributed by atoms with Crippen LogP contribution in [0.1, 0.15) is 49.7 Å². The molecule has 0 bridgehead atoms. The number of nitrogens with one attached hydrogen (secondary N) is 2. The molecule has 1 aliphatic carbocycles. The Morgan fingerprint density at radius 2 is 1.82 bits per heavy atom. The largest absolute Gasteiger partial charge is 0.352 e. The van der Waals surface area contributed by atoms with Gasteiger partial charge in [-0.2, -0.15) is 5.10 Å². The Kier molecular flexibility index (Phi) is 6.47. The van der Waals surface area contributed by atoms with Crippen LogP contribution in [0.15, 0.2) is 59.7 Å². The van der Waals surface area contributed by atoms with Crippen molar-refractivity contribution in [2.75, 3.05) is 0 Å². The average Bonchev–Trinajstić information content (AvgIpc) is 3.30. The molecule has 1 saturated carbocycles. The zero-order valence-corrected chi connectivity index (χ0v) is 19.1. The van der Waals surface area contributed by atoms with Crippen molar-refractivity contribution >= 4 is 17.6 Å². The SMILES string of the molecule is O=C(CCC1=NNC2N(Cc3ccc(F)cc3)C(=O)C3CCCCC3N12)NCc1ccccc1. The van der Waals surface area contributed by atoms with E-state index in [-0.39, 0.29) is 35.9 Å². The van der Waals surface area contributed by atoms with E-state index in [0.717, 1.165) is 42.6 Å². The van der Waals surface area contributed by atoms with Crippen LogP contribution in [-0.2, 0) is 22.7 Å². The molecule has 2 fully saturated rings. The molecule has 0 radical (unpaired) electrons. The molecule has 3 atom stereocenters. The topological polar surface area (TPSA) is 77.0 Å². The summed E-state index contributed by atoms with van der Waals surface area (Å²) in [7, 11) is 0. The number of carbonyl (C=O) groups excluding carboxylic acids is 2. The van der Waals surface area contributed by atoms with Crippen molar-refractivity contribution in [3.63, 3.8) is 0 Å². The second-order valence-electron chi connectivity index (χ2n) is 9.25. The van der Waals surface area contributed by atoms with Gasteiger partial charge in [-0.1, -0.05) is 55.3 Å². The third kappa shape index (κ3) is 4.62. The highest BCUT2D eigenvalue weighted by Crippen LogP contribution is 2.38. The highest BCUT2D eigenvalue weighted by Gasteiger charge is 2.50. The quantitative estimate of drug-likeness (QED) is 0.661. The van der Waals surface area contributed by atoms with E-state index < -0.39 is 0 Å². The summed E-state index contributed by atoms with van der Waals surface area (Å²) in [5, 5.41) is 7.54. The van der Waals surface area contributed by atoms with Crippen LogP contribution in [0.2, 0.25) is 0 Å². The predicted octanol–water partition coefficient (Wildman–Crippen LogP) is 3.33. The molecule has 2 heterocycles. The van der Waals surface area contributed by atoms with Crippen molar-refractivity contribution in [2.24, 2.45) is 11.0 Å². The molecule has 178 valence electrons. The fraction of sp³-hybridized carbons (Fsp3) is 0.423. The van der Waals surface area contributed by atoms with Crippen molar-refractivity contribution in [2.45, 2.75) is 63.9 Å². The van der Waals surface area contributed by atoms with E-state index >= 15 is 0 Å². The Morgan fingerprint density at radius 3 is 2.62 bits per heavy atom. The van der Waals surface area contributed by atoms with Crippen LogP contribution < -0.4 is 10.7 Å². The Labute approximate surface area is 199 Å². The van der Waals surface area contributed by atoms with E-state index in [4.69, 9.17) is 0 Å². The van der Waals surface area contributed by atoms with Crippen molar-refractivity contribution < 1.29 is 14.0 Å². The van der Waals surface area contributed by atoms with Crippen LogP contribution in [0.4, 0.5) is 4.39 Å². The highest BCUT2D eigenvalue weighted by molar-refractivity contribution is 5.91. The Balaban J connectivity index is 1.26. The van der Waals surface area contributed by atoms with Gasteiger partial charge in [-0.05, 0) is 36.1 Å². The Bertz CT molecular complexity index is 1060. The van der Waals surface area contributed by atoms with Crippen LogP contribution in [0.25, 0.3) is 0 Å². The average molecular weight is 464 g/mol. The molecule has 5 rings (SSSR count). The Morgan fingerprint density at radius 1 is 1.06 bits per heavy atom. The molecular formula is C26H30FN5O2. The number of hydrogen-bond acceptors (Lipinski definition) is 5. The summed E-state index contributed by atoms with van der Waals surface area (Å²) in [5.41, 5.74) is 5.09. The standard InChI is InChI=1S/C26H30FN5O2/c27-20-12-10-19(11-13-20)17-31-25(34)21-8-4-5-9-22(21)32-23(29-30-26(31)32)14-15-24(33)28-16-18-6-2-1-3-7-18/h1-3,6-7,10-13,21-22,26,30H,4-5,8-9,14-17H2,(H,28,33). The normalized spacial score (nSPS) is 23.6. The Hall–Kier alpha value is -3.42. The number of amides is 2. The summed E-state index contributed by atoms with van der Waals surface area (Å²) >= 11 is 0. The van der Waals surface area contributed by atoms with Gasteiger partial charge in [0.25, 0.3) is 0 Å². The van der Waals surface area contributed by atoms with Gasteiger partial charge in [-0.3, -0.25) is 19.9 Å². The first kappa shape index (κ1) is 22.4. The molecule has 3 unspecified atom stereocenters. The van der Waals surface area contributed by atoms with Gasteiger partial charge in [-0.25, -0.2) is 4.39 Å². The van der Waals surface area contributed by atoms with Crippen molar-refractivity contribution in [3.05, 3.63) is 71.5 Å². The second-order valence-corrected chi connectivity index (χ2v) is 9.25. The van der Waals surface area contributed by atoms with E-state index in [1.54, 1.807) is 12.1 Å². The van der Waals surface area contributed by atoms with Gasteiger partial charge in [-0.15, -0.1) is 0 Å². The van der Waals surface area contributed by atoms with Crippen LogP contribution >= 0.6 is 0 Å². The molecule has 7 nitrogen and oxygen atoms in total. The highest BCUT2D eigenvalue weighted by atomic mass is 19.1. The number of hydrazone groups is 1. The molecule has 2 aliphatic heterocycles. The zero-order chi connectivity index (χ0) is 23.5. The smallest absolute Gasteiger partial charge is 0.231 e. The van der Waals surface area contributed by atoms with E-state index in [1.165, 1.54) is 12.1 Å². The minimum absolute atomic E-state index is 0.0218. The summed E-state index contributed by atoms with van der Waals surface area (Å²) in [5.74, 6) is 0.556. The van der Waals surface area contributed by atoms with Gasteiger partial charge >= 0.3 is 0 Å².